The van der Waals surface area contributed by atoms with Crippen molar-refractivity contribution >= 4 is 0 Å². The first kappa shape index (κ1) is 13.4. The van der Waals surface area contributed by atoms with Crippen LogP contribution in [0.1, 0.15) is 37.7 Å². The highest BCUT2D eigenvalue weighted by Crippen LogP contribution is 2.23. The molecule has 2 aromatic rings. The van der Waals surface area contributed by atoms with Gasteiger partial charge in [-0.25, -0.2) is 4.68 Å². The number of benzene rings is 1. The zero-order valence-corrected chi connectivity index (χ0v) is 12.0. The van der Waals surface area contributed by atoms with Crippen molar-refractivity contribution in [2.24, 2.45) is 5.92 Å². The number of aromatic nitrogens is 2. The van der Waals surface area contributed by atoms with Gasteiger partial charge in [0.05, 0.1) is 5.69 Å². The monoisotopic (exact) mass is 269 g/mol. The number of hydrogen-bond donors (Lipinski definition) is 1. The maximum Gasteiger partial charge on any atom is 0.0690 e. The fraction of sp³-hybridized carbons (Fsp3) is 0.471. The van der Waals surface area contributed by atoms with E-state index in [1.54, 1.807) is 0 Å². The zero-order valence-electron chi connectivity index (χ0n) is 12.0. The second kappa shape index (κ2) is 6.71. The summed E-state index contributed by atoms with van der Waals surface area (Å²) in [4.78, 5) is 0. The molecule has 1 aromatic heterocycles. The molecule has 0 atom stereocenters. The molecule has 3 heteroatoms. The molecule has 1 aliphatic carbocycles. The van der Waals surface area contributed by atoms with Gasteiger partial charge >= 0.3 is 0 Å². The highest BCUT2D eigenvalue weighted by molar-refractivity contribution is 5.40. The van der Waals surface area contributed by atoms with Crippen LogP contribution in [0.25, 0.3) is 5.69 Å². The molecule has 1 saturated carbocycles. The summed E-state index contributed by atoms with van der Waals surface area (Å²) in [6, 6.07) is 10.5. The highest BCUT2D eigenvalue weighted by atomic mass is 15.3. The van der Waals surface area contributed by atoms with E-state index < -0.39 is 0 Å². The molecule has 0 radical (unpaired) electrons. The summed E-state index contributed by atoms with van der Waals surface area (Å²) in [7, 11) is 0. The van der Waals surface area contributed by atoms with Crippen LogP contribution in [0.3, 0.4) is 0 Å². The van der Waals surface area contributed by atoms with Crippen molar-refractivity contribution in [3.63, 3.8) is 0 Å². The number of para-hydroxylation sites is 1. The van der Waals surface area contributed by atoms with Gasteiger partial charge in [-0.2, -0.15) is 5.10 Å². The molecule has 0 amide bonds. The molecule has 1 heterocycles. The maximum atomic E-state index is 4.33. The molecule has 3 nitrogen and oxygen atoms in total. The van der Waals surface area contributed by atoms with E-state index in [1.165, 1.54) is 43.4 Å². The van der Waals surface area contributed by atoms with E-state index in [0.717, 1.165) is 19.0 Å². The van der Waals surface area contributed by atoms with E-state index in [0.29, 0.717) is 0 Å². The maximum absolute atomic E-state index is 4.33. The molecule has 1 N–H and O–H groups in total. The van der Waals surface area contributed by atoms with Gasteiger partial charge in [0, 0.05) is 18.9 Å². The standard InChI is InChI=1S/C17H23N3/c1-2-7-15(8-3-1)13-18-14-16-9-4-5-10-17(16)20-12-6-11-19-20/h4-6,9-12,15,18H,1-3,7-8,13-14H2. The Kier molecular flexibility index (Phi) is 4.49. The van der Waals surface area contributed by atoms with Crippen LogP contribution in [0, 0.1) is 5.92 Å². The average Bonchev–Trinajstić information content (AvgIpc) is 3.03. The Morgan fingerprint density at radius 3 is 2.75 bits per heavy atom. The number of nitrogens with zero attached hydrogens (tertiary/aromatic N) is 2. The molecule has 106 valence electrons. The topological polar surface area (TPSA) is 29.9 Å². The first-order valence-electron chi connectivity index (χ1n) is 7.72. The normalized spacial score (nSPS) is 16.4. The molecule has 0 spiro atoms. The van der Waals surface area contributed by atoms with Crippen molar-refractivity contribution in [3.05, 3.63) is 48.3 Å². The lowest BCUT2D eigenvalue weighted by Crippen LogP contribution is -2.24. The molecule has 0 unspecified atom stereocenters. The summed E-state index contributed by atoms with van der Waals surface area (Å²) >= 11 is 0. The van der Waals surface area contributed by atoms with Crippen LogP contribution in [0.15, 0.2) is 42.7 Å². The molecule has 3 rings (SSSR count). The van der Waals surface area contributed by atoms with Gasteiger partial charge < -0.3 is 5.32 Å². The van der Waals surface area contributed by atoms with Crippen molar-refractivity contribution in [2.45, 2.75) is 38.6 Å². The Bertz CT molecular complexity index is 513. The van der Waals surface area contributed by atoms with E-state index in [1.807, 2.05) is 23.1 Å². The van der Waals surface area contributed by atoms with Crippen LogP contribution in [0.5, 0.6) is 0 Å². The number of hydrogen-bond acceptors (Lipinski definition) is 2. The predicted molar refractivity (Wildman–Crippen MR) is 81.8 cm³/mol. The highest BCUT2D eigenvalue weighted by Gasteiger charge is 2.13. The molecule has 1 fully saturated rings. The Morgan fingerprint density at radius 1 is 1.10 bits per heavy atom. The predicted octanol–water partition coefficient (Wildman–Crippen LogP) is 3.54. The molecule has 20 heavy (non-hydrogen) atoms. The van der Waals surface area contributed by atoms with Crippen molar-refractivity contribution in [3.8, 4) is 5.69 Å². The fourth-order valence-corrected chi connectivity index (χ4v) is 3.10. The Hall–Kier alpha value is -1.61. The van der Waals surface area contributed by atoms with Crippen LogP contribution >= 0.6 is 0 Å². The lowest BCUT2D eigenvalue weighted by molar-refractivity contribution is 0.342. The van der Waals surface area contributed by atoms with E-state index in [-0.39, 0.29) is 0 Å². The van der Waals surface area contributed by atoms with Crippen molar-refractivity contribution < 1.29 is 0 Å². The van der Waals surface area contributed by atoms with Crippen molar-refractivity contribution in [1.82, 2.24) is 15.1 Å². The average molecular weight is 269 g/mol. The molecule has 1 aromatic carbocycles. The van der Waals surface area contributed by atoms with Gasteiger partial charge in [-0.3, -0.25) is 0 Å². The van der Waals surface area contributed by atoms with Crippen LogP contribution < -0.4 is 5.32 Å². The van der Waals surface area contributed by atoms with E-state index in [2.05, 4.69) is 34.7 Å². The van der Waals surface area contributed by atoms with Crippen LogP contribution in [0.4, 0.5) is 0 Å². The lowest BCUT2D eigenvalue weighted by atomic mass is 9.89. The van der Waals surface area contributed by atoms with Crippen LogP contribution in [-0.4, -0.2) is 16.3 Å². The quantitative estimate of drug-likeness (QED) is 0.899. The minimum absolute atomic E-state index is 0.876. The van der Waals surface area contributed by atoms with E-state index in [9.17, 15) is 0 Å². The molecular weight excluding hydrogens is 246 g/mol. The molecule has 1 aliphatic rings. The summed E-state index contributed by atoms with van der Waals surface area (Å²) in [5.74, 6) is 0.876. The van der Waals surface area contributed by atoms with Gasteiger partial charge in [-0.05, 0) is 43.0 Å². The van der Waals surface area contributed by atoms with Gasteiger partial charge in [-0.15, -0.1) is 0 Å². The van der Waals surface area contributed by atoms with Gasteiger partial charge in [0.2, 0.25) is 0 Å². The van der Waals surface area contributed by atoms with Gasteiger partial charge in [0.1, 0.15) is 0 Å². The third-order valence-electron chi connectivity index (χ3n) is 4.22. The summed E-state index contributed by atoms with van der Waals surface area (Å²) in [5.41, 5.74) is 2.49. The Morgan fingerprint density at radius 2 is 1.95 bits per heavy atom. The van der Waals surface area contributed by atoms with Crippen LogP contribution in [0.2, 0.25) is 0 Å². The minimum Gasteiger partial charge on any atom is -0.312 e. The number of nitrogens with one attached hydrogen (secondary N) is 1. The summed E-state index contributed by atoms with van der Waals surface area (Å²) in [6.45, 7) is 2.07. The lowest BCUT2D eigenvalue weighted by Gasteiger charge is -2.22. The Labute approximate surface area is 121 Å². The van der Waals surface area contributed by atoms with Gasteiger partial charge in [-0.1, -0.05) is 37.5 Å². The second-order valence-electron chi connectivity index (χ2n) is 5.71. The Balaban J connectivity index is 1.60. The smallest absolute Gasteiger partial charge is 0.0690 e. The molecule has 0 saturated heterocycles. The molecular formula is C17H23N3. The van der Waals surface area contributed by atoms with E-state index in [4.69, 9.17) is 0 Å². The largest absolute Gasteiger partial charge is 0.312 e. The zero-order chi connectivity index (χ0) is 13.6. The third-order valence-corrected chi connectivity index (χ3v) is 4.22. The van der Waals surface area contributed by atoms with Gasteiger partial charge in [0.25, 0.3) is 0 Å². The first-order valence-corrected chi connectivity index (χ1v) is 7.72. The van der Waals surface area contributed by atoms with Crippen molar-refractivity contribution in [2.75, 3.05) is 6.54 Å². The molecule has 0 aliphatic heterocycles. The fourth-order valence-electron chi connectivity index (χ4n) is 3.10. The second-order valence-corrected chi connectivity index (χ2v) is 5.71. The first-order chi connectivity index (χ1) is 9.93. The van der Waals surface area contributed by atoms with Crippen molar-refractivity contribution in [1.29, 1.82) is 0 Å². The van der Waals surface area contributed by atoms with Gasteiger partial charge in [0.15, 0.2) is 0 Å². The minimum atomic E-state index is 0.876. The number of rotatable bonds is 5. The SMILES string of the molecule is c1ccc(-n2cccn2)c(CNCC2CCCCC2)c1. The third kappa shape index (κ3) is 3.28. The van der Waals surface area contributed by atoms with Crippen LogP contribution in [-0.2, 0) is 6.54 Å². The summed E-state index contributed by atoms with van der Waals surface area (Å²) in [5, 5.41) is 7.97. The molecule has 0 bridgehead atoms. The van der Waals surface area contributed by atoms with E-state index >= 15 is 0 Å². The summed E-state index contributed by atoms with van der Waals surface area (Å²) < 4.78 is 1.94. The summed E-state index contributed by atoms with van der Waals surface area (Å²) in [6.07, 6.45) is 10.9.